The Morgan fingerprint density at radius 1 is 0.746 bits per heavy atom. The predicted molar refractivity (Wildman–Crippen MR) is 237 cm³/mol. The third kappa shape index (κ3) is 17.5. The number of cyclic esters (lactones) is 2. The molecule has 7 rings (SSSR count). The van der Waals surface area contributed by atoms with Crippen molar-refractivity contribution in [2.24, 2.45) is 0 Å². The van der Waals surface area contributed by atoms with Crippen LogP contribution in [0.4, 0.5) is 41.1 Å². The summed E-state index contributed by atoms with van der Waals surface area (Å²) in [6, 6.07) is 9.46. The summed E-state index contributed by atoms with van der Waals surface area (Å²) in [5.74, 6) is -1.16. The number of anilines is 4. The zero-order chi connectivity index (χ0) is 49.7. The van der Waals surface area contributed by atoms with E-state index in [1.807, 2.05) is 29.9 Å². The predicted octanol–water partition coefficient (Wildman–Crippen LogP) is 3.31. The van der Waals surface area contributed by atoms with E-state index in [1.165, 1.54) is 38.6 Å². The number of hydrogen-bond donors (Lipinski definition) is 0. The molecule has 5 aliphatic rings. The van der Waals surface area contributed by atoms with Gasteiger partial charge in [0, 0.05) is 58.6 Å². The number of quaternary nitrogens is 1. The number of sulfone groups is 1. The standard InChI is InChI=1S/C18H24FN3O5S.C18H24FN3O3S.C5H11NO2.4O.Os/c1-3-14-11-22(18(24)27-14)13-4-5-16(15(19)10-13)20-6-8-21(9-7-20)17(23)12-28(2,25)26;1-3-14-11-22(18(24)25-14)13-4-5-16(15(19)10-13)20-6-8-21(9-7-20)17(23)12-26-2;1-6(7)2-4-8-5-3-6;;;;;/h4-5,10,14H,3,6-9,11-12H2,1-2H3;4-5,10,14H,3,6-9,11-12H2,1-2H3;2-5H2,1H3;;;;;/t2*14-;;;;;;/m00....../s1. The van der Waals surface area contributed by atoms with Gasteiger partial charge in [0.1, 0.15) is 42.7 Å². The van der Waals surface area contributed by atoms with Gasteiger partial charge in [-0.3, -0.25) is 19.4 Å². The first-order chi connectivity index (χ1) is 31.4. The van der Waals surface area contributed by atoms with Gasteiger partial charge in [-0.15, -0.1) is 0 Å². The van der Waals surface area contributed by atoms with E-state index >= 15 is 0 Å². The number of hydroxylamine groups is 3. The topological polar surface area (TPSA) is 241 Å². The summed E-state index contributed by atoms with van der Waals surface area (Å²) in [7, 11) is -1.69. The molecule has 0 aliphatic carbocycles. The Morgan fingerprint density at radius 3 is 1.43 bits per heavy atom. The molecule has 26 heteroatoms. The van der Waals surface area contributed by atoms with Gasteiger partial charge < -0.3 is 43.7 Å². The van der Waals surface area contributed by atoms with Crippen molar-refractivity contribution in [3.05, 3.63) is 53.2 Å². The number of ether oxygens (including phenoxy) is 3. The van der Waals surface area contributed by atoms with E-state index in [0.717, 1.165) is 12.7 Å². The monoisotopic (exact) mass is 1170 g/mol. The van der Waals surface area contributed by atoms with Gasteiger partial charge in [-0.1, -0.05) is 13.8 Å². The Bertz CT molecular complexity index is 2380. The van der Waals surface area contributed by atoms with E-state index in [-0.39, 0.29) is 28.6 Å². The van der Waals surface area contributed by atoms with Crippen LogP contribution in [0, 0.1) is 16.8 Å². The van der Waals surface area contributed by atoms with Gasteiger partial charge in [-0.25, -0.2) is 26.8 Å². The molecule has 21 nitrogen and oxygen atoms in total. The fourth-order valence-corrected chi connectivity index (χ4v) is 8.44. The zero-order valence-electron chi connectivity index (χ0n) is 38.1. The van der Waals surface area contributed by atoms with Crippen LogP contribution in [0.2, 0.25) is 0 Å². The summed E-state index contributed by atoms with van der Waals surface area (Å²) in [6.45, 7) is 11.0. The van der Waals surface area contributed by atoms with Crippen LogP contribution in [0.1, 0.15) is 26.7 Å². The van der Waals surface area contributed by atoms with Crippen molar-refractivity contribution in [2.45, 2.75) is 38.9 Å². The molecule has 0 bridgehead atoms. The van der Waals surface area contributed by atoms with Crippen molar-refractivity contribution in [1.82, 2.24) is 9.80 Å². The van der Waals surface area contributed by atoms with Crippen LogP contribution in [-0.2, 0) is 62.6 Å². The quantitative estimate of drug-likeness (QED) is 0.245. The molecule has 67 heavy (non-hydrogen) atoms. The summed E-state index contributed by atoms with van der Waals surface area (Å²) in [5.41, 5.74) is 1.86. The second-order valence-electron chi connectivity index (χ2n) is 16.3. The van der Waals surface area contributed by atoms with E-state index in [0.29, 0.717) is 127 Å². The molecule has 0 spiro atoms. The van der Waals surface area contributed by atoms with E-state index in [4.69, 9.17) is 28.4 Å². The Morgan fingerprint density at radius 2 is 1.13 bits per heavy atom. The molecule has 0 aromatic heterocycles. The van der Waals surface area contributed by atoms with Crippen molar-refractivity contribution in [2.75, 3.05) is 142 Å². The fraction of sp³-hybridized carbons (Fsp3) is 0.610. The molecule has 2 aromatic rings. The molecule has 5 saturated heterocycles. The summed E-state index contributed by atoms with van der Waals surface area (Å²) in [4.78, 5) is 57.8. The van der Waals surface area contributed by atoms with Crippen molar-refractivity contribution in [3.63, 3.8) is 0 Å². The molecule has 2 atom stereocenters. The molecule has 5 aliphatic heterocycles. The number of halogens is 2. The molecular formula is C41H59F2N7O14OsS2. The van der Waals surface area contributed by atoms with Gasteiger partial charge in [0.15, 0.2) is 9.84 Å². The number of carbonyl (C=O) groups is 4. The molecule has 4 amide bonds. The minimum atomic E-state index is -6.06. The number of carbonyl (C=O) groups excluding carboxylic acids is 4. The average Bonchev–Trinajstić information content (AvgIpc) is 3.84. The summed E-state index contributed by atoms with van der Waals surface area (Å²) in [5, 5.41) is 11.0. The molecule has 5 heterocycles. The molecule has 2 aromatic carbocycles. The number of thioether (sulfide) groups is 1. The van der Waals surface area contributed by atoms with E-state index < -0.39 is 54.3 Å². The van der Waals surface area contributed by atoms with Crippen LogP contribution in [-0.4, -0.2) is 182 Å². The van der Waals surface area contributed by atoms with Crippen molar-refractivity contribution in [3.8, 4) is 0 Å². The molecule has 0 N–H and O–H groups in total. The number of hydrogen-bond acceptors (Lipinski definition) is 17. The third-order valence-electron chi connectivity index (χ3n) is 11.2. The minimum absolute atomic E-state index is 0.125. The summed E-state index contributed by atoms with van der Waals surface area (Å²) >= 11 is -4.54. The molecule has 0 radical (unpaired) electrons. The first kappa shape index (κ1) is 55.0. The van der Waals surface area contributed by atoms with Crippen molar-refractivity contribution in [1.29, 1.82) is 0 Å². The summed E-state index contributed by atoms with van der Waals surface area (Å²) < 4.78 is 102. The van der Waals surface area contributed by atoms with E-state index in [1.54, 1.807) is 36.2 Å². The molecule has 0 saturated carbocycles. The average molecular weight is 1170 g/mol. The first-order valence-corrected chi connectivity index (χ1v) is 29.0. The number of amides is 4. The first-order valence-electron chi connectivity index (χ1n) is 21.4. The fourth-order valence-electron chi connectivity index (χ4n) is 7.38. The Hall–Kier alpha value is -4.60. The number of likely N-dealkylation sites (N-methyl/N-ethyl adjacent to an activating group) is 1. The van der Waals surface area contributed by atoms with E-state index in [2.05, 4.69) is 0 Å². The molecular weight excluding hydrogens is 1110 g/mol. The Kier molecular flexibility index (Phi) is 20.2. The number of benzene rings is 2. The molecule has 5 fully saturated rings. The van der Waals surface area contributed by atoms with Gasteiger partial charge in [0.2, 0.25) is 11.8 Å². The van der Waals surface area contributed by atoms with Crippen molar-refractivity contribution >= 4 is 68.3 Å². The van der Waals surface area contributed by atoms with Crippen LogP contribution in [0.3, 0.4) is 0 Å². The number of piperazine rings is 2. The van der Waals surface area contributed by atoms with Gasteiger partial charge in [-0.05, 0) is 55.5 Å². The van der Waals surface area contributed by atoms with Crippen LogP contribution >= 0.6 is 11.8 Å². The van der Waals surface area contributed by atoms with Crippen LogP contribution in [0.5, 0.6) is 0 Å². The van der Waals surface area contributed by atoms with Crippen LogP contribution in [0.15, 0.2) is 36.4 Å². The summed E-state index contributed by atoms with van der Waals surface area (Å²) in [6.07, 6.45) is 3.14. The number of morpholine rings is 1. The van der Waals surface area contributed by atoms with Gasteiger partial charge >= 0.3 is 41.2 Å². The van der Waals surface area contributed by atoms with Crippen LogP contribution in [0.25, 0.3) is 0 Å². The second-order valence-corrected chi connectivity index (χ2v) is 21.8. The number of nitrogens with zero attached hydrogens (tertiary/aromatic N) is 7. The molecule has 376 valence electrons. The van der Waals surface area contributed by atoms with Gasteiger partial charge in [0.25, 0.3) is 0 Å². The van der Waals surface area contributed by atoms with E-state index in [9.17, 15) is 41.6 Å². The Labute approximate surface area is 395 Å². The maximum absolute atomic E-state index is 14.7. The second kappa shape index (κ2) is 24.6. The zero-order valence-corrected chi connectivity index (χ0v) is 42.3. The van der Waals surface area contributed by atoms with Crippen LogP contribution < -0.4 is 19.6 Å². The number of rotatable bonds is 10. The van der Waals surface area contributed by atoms with Gasteiger partial charge in [-0.2, -0.15) is 11.8 Å². The SMILES string of the molecule is CC[C@H]1CN(c2ccc(N3CCN(C(=O)CS(C)(=O)=O)CC3)c(F)c2)C(=O)O1.CC[C@H]1CN(c2ccc(N3CCN(C(=O)CSC)CC3)c(F)c2)C(=O)O1.C[N+]1([O-])CCOCC1.[O]=[Os](=[O])(=[O])=[O]. The Balaban J connectivity index is 0.000000231. The molecule has 0 unspecified atom stereocenters. The van der Waals surface area contributed by atoms with Crippen molar-refractivity contribution < 1.29 is 84.2 Å². The normalized spacial score (nSPS) is 20.7. The van der Waals surface area contributed by atoms with Gasteiger partial charge in [0.05, 0.1) is 61.9 Å². The third-order valence-corrected chi connectivity index (χ3v) is 12.5. The maximum atomic E-state index is 14.7.